The molecular weight excluding hydrogens is 420 g/mol. The van der Waals surface area contributed by atoms with Crippen LogP contribution in [0.5, 0.6) is 5.75 Å². The van der Waals surface area contributed by atoms with Crippen LogP contribution in [-0.4, -0.2) is 24.7 Å². The molecule has 0 fully saturated rings. The number of non-ortho nitro benzene ring substituents is 1. The molecule has 3 aromatic rings. The van der Waals surface area contributed by atoms with E-state index >= 15 is 0 Å². The lowest BCUT2D eigenvalue weighted by molar-refractivity contribution is -0.385. The first-order valence-electron chi connectivity index (χ1n) is 9.12. The van der Waals surface area contributed by atoms with Crippen molar-refractivity contribution in [1.82, 2.24) is 0 Å². The lowest BCUT2D eigenvalue weighted by Gasteiger charge is -2.14. The minimum atomic E-state index is -4.16. The molecule has 0 aliphatic rings. The average molecular weight is 440 g/mol. The Labute approximate surface area is 179 Å². The number of phenolic OH excluding ortho intramolecular Hbond substituents is 1. The highest BCUT2D eigenvalue weighted by Gasteiger charge is 2.23. The van der Waals surface area contributed by atoms with Crippen LogP contribution in [0.15, 0.2) is 70.7 Å². The molecule has 160 valence electrons. The SMILES string of the molecule is Cc1ccc(NS(=O)(=O)c2cc([N+](=O)[O-])ccc2NN=Cc2ccc(O)cc2)c(C)c1. The molecule has 31 heavy (non-hydrogen) atoms. The van der Waals surface area contributed by atoms with E-state index in [1.165, 1.54) is 30.5 Å². The fourth-order valence-electron chi connectivity index (χ4n) is 2.80. The van der Waals surface area contributed by atoms with Gasteiger partial charge in [0.2, 0.25) is 0 Å². The smallest absolute Gasteiger partial charge is 0.270 e. The first-order valence-corrected chi connectivity index (χ1v) is 10.6. The van der Waals surface area contributed by atoms with E-state index in [2.05, 4.69) is 15.2 Å². The van der Waals surface area contributed by atoms with Gasteiger partial charge in [-0.15, -0.1) is 0 Å². The predicted octanol–water partition coefficient (Wildman–Crippen LogP) is 4.16. The van der Waals surface area contributed by atoms with E-state index in [-0.39, 0.29) is 22.0 Å². The van der Waals surface area contributed by atoms with Crippen molar-refractivity contribution >= 4 is 33.3 Å². The lowest BCUT2D eigenvalue weighted by atomic mass is 10.1. The van der Waals surface area contributed by atoms with Gasteiger partial charge >= 0.3 is 0 Å². The normalized spacial score (nSPS) is 11.4. The predicted molar refractivity (Wildman–Crippen MR) is 119 cm³/mol. The van der Waals surface area contributed by atoms with Crippen LogP contribution in [0.3, 0.4) is 0 Å². The zero-order valence-electron chi connectivity index (χ0n) is 16.7. The summed E-state index contributed by atoms with van der Waals surface area (Å²) >= 11 is 0. The first kappa shape index (κ1) is 21.8. The summed E-state index contributed by atoms with van der Waals surface area (Å²) < 4.78 is 28.6. The fourth-order valence-corrected chi connectivity index (χ4v) is 4.11. The Kier molecular flexibility index (Phi) is 6.21. The monoisotopic (exact) mass is 440 g/mol. The average Bonchev–Trinajstić information content (AvgIpc) is 2.71. The van der Waals surface area contributed by atoms with Crippen LogP contribution in [0, 0.1) is 24.0 Å². The van der Waals surface area contributed by atoms with Crippen molar-refractivity contribution in [3.05, 3.63) is 87.5 Å². The summed E-state index contributed by atoms with van der Waals surface area (Å²) in [4.78, 5) is 10.2. The molecule has 3 aromatic carbocycles. The van der Waals surface area contributed by atoms with Crippen LogP contribution in [-0.2, 0) is 10.0 Å². The van der Waals surface area contributed by atoms with Crippen molar-refractivity contribution in [3.8, 4) is 5.75 Å². The summed E-state index contributed by atoms with van der Waals surface area (Å²) in [7, 11) is -4.16. The maximum absolute atomic E-state index is 13.1. The van der Waals surface area contributed by atoms with Gasteiger partial charge in [-0.25, -0.2) is 8.42 Å². The van der Waals surface area contributed by atoms with Crippen molar-refractivity contribution in [1.29, 1.82) is 0 Å². The molecule has 0 saturated carbocycles. The number of hydrogen-bond acceptors (Lipinski definition) is 7. The molecular formula is C21H20N4O5S. The molecule has 0 radical (unpaired) electrons. The van der Waals surface area contributed by atoms with Crippen LogP contribution in [0.4, 0.5) is 17.1 Å². The molecule has 0 aromatic heterocycles. The minimum Gasteiger partial charge on any atom is -0.508 e. The second kappa shape index (κ2) is 8.84. The first-order chi connectivity index (χ1) is 14.7. The number of aromatic hydroxyl groups is 1. The van der Waals surface area contributed by atoms with Gasteiger partial charge in [0.25, 0.3) is 15.7 Å². The van der Waals surface area contributed by atoms with Gasteiger partial charge in [0.15, 0.2) is 0 Å². The van der Waals surface area contributed by atoms with E-state index in [1.807, 2.05) is 13.0 Å². The number of benzene rings is 3. The topological polar surface area (TPSA) is 134 Å². The van der Waals surface area contributed by atoms with Crippen molar-refractivity contribution in [2.75, 3.05) is 10.1 Å². The highest BCUT2D eigenvalue weighted by atomic mass is 32.2. The van der Waals surface area contributed by atoms with Crippen molar-refractivity contribution in [2.24, 2.45) is 5.10 Å². The summed E-state index contributed by atoms with van der Waals surface area (Å²) in [6, 6.07) is 14.9. The summed E-state index contributed by atoms with van der Waals surface area (Å²) in [6.45, 7) is 3.65. The van der Waals surface area contributed by atoms with Crippen molar-refractivity contribution < 1.29 is 18.4 Å². The quantitative estimate of drug-likeness (QED) is 0.287. The molecule has 0 aliphatic carbocycles. The number of sulfonamides is 1. The van der Waals surface area contributed by atoms with E-state index < -0.39 is 14.9 Å². The molecule has 3 N–H and O–H groups in total. The zero-order valence-corrected chi connectivity index (χ0v) is 17.6. The highest BCUT2D eigenvalue weighted by Crippen LogP contribution is 2.29. The summed E-state index contributed by atoms with van der Waals surface area (Å²) in [5.74, 6) is 0.103. The Morgan fingerprint density at radius 1 is 1.00 bits per heavy atom. The number of rotatable bonds is 7. The Morgan fingerprint density at radius 3 is 2.32 bits per heavy atom. The van der Waals surface area contributed by atoms with Crippen molar-refractivity contribution in [2.45, 2.75) is 18.7 Å². The van der Waals surface area contributed by atoms with Gasteiger partial charge in [0, 0.05) is 12.1 Å². The maximum Gasteiger partial charge on any atom is 0.270 e. The number of phenols is 1. The number of anilines is 2. The summed E-state index contributed by atoms with van der Waals surface area (Å²) in [5.41, 5.74) is 5.04. The largest absolute Gasteiger partial charge is 0.508 e. The summed E-state index contributed by atoms with van der Waals surface area (Å²) in [6.07, 6.45) is 1.43. The summed E-state index contributed by atoms with van der Waals surface area (Å²) in [5, 5.41) is 24.5. The number of aryl methyl sites for hydroxylation is 2. The van der Waals surface area contributed by atoms with E-state index in [4.69, 9.17) is 0 Å². The standard InChI is InChI=1S/C21H20N4O5S/c1-14-3-9-19(15(2)11-14)24-31(29,30)21-12-17(25(27)28)6-10-20(21)23-22-13-16-4-7-18(26)8-5-16/h3-13,23-24,26H,1-2H3. The van der Waals surface area contributed by atoms with Crippen LogP contribution in [0.1, 0.15) is 16.7 Å². The third-order valence-electron chi connectivity index (χ3n) is 4.38. The molecule has 0 heterocycles. The van der Waals surface area contributed by atoms with Crippen LogP contribution < -0.4 is 10.1 Å². The van der Waals surface area contributed by atoms with Gasteiger partial charge in [0.05, 0.1) is 22.5 Å². The molecule has 0 aliphatic heterocycles. The fraction of sp³-hybridized carbons (Fsp3) is 0.0952. The van der Waals surface area contributed by atoms with Crippen LogP contribution >= 0.6 is 0 Å². The van der Waals surface area contributed by atoms with E-state index in [1.54, 1.807) is 31.2 Å². The molecule has 9 nitrogen and oxygen atoms in total. The van der Waals surface area contributed by atoms with Crippen molar-refractivity contribution in [3.63, 3.8) is 0 Å². The number of nitrogens with zero attached hydrogens (tertiary/aromatic N) is 2. The lowest BCUT2D eigenvalue weighted by Crippen LogP contribution is -2.16. The van der Waals surface area contributed by atoms with E-state index in [9.17, 15) is 23.6 Å². The second-order valence-corrected chi connectivity index (χ2v) is 8.47. The number of hydrogen-bond donors (Lipinski definition) is 3. The number of hydrazone groups is 1. The molecule has 0 bridgehead atoms. The number of nitro groups is 1. The van der Waals surface area contributed by atoms with Crippen LogP contribution in [0.25, 0.3) is 0 Å². The number of nitrogens with one attached hydrogen (secondary N) is 2. The second-order valence-electron chi connectivity index (χ2n) is 6.82. The molecule has 0 atom stereocenters. The molecule has 10 heteroatoms. The van der Waals surface area contributed by atoms with Crippen LogP contribution in [0.2, 0.25) is 0 Å². The Morgan fingerprint density at radius 2 is 1.68 bits per heavy atom. The van der Waals surface area contributed by atoms with Gasteiger partial charge in [-0.3, -0.25) is 20.3 Å². The molecule has 0 saturated heterocycles. The van der Waals surface area contributed by atoms with Gasteiger partial charge < -0.3 is 5.11 Å². The van der Waals surface area contributed by atoms with E-state index in [0.717, 1.165) is 11.6 Å². The zero-order chi connectivity index (χ0) is 22.6. The van der Waals surface area contributed by atoms with Gasteiger partial charge in [-0.1, -0.05) is 17.7 Å². The Balaban J connectivity index is 1.95. The molecule has 3 rings (SSSR count). The number of nitro benzene ring substituents is 1. The maximum atomic E-state index is 13.1. The molecule has 0 amide bonds. The third-order valence-corrected chi connectivity index (χ3v) is 5.79. The minimum absolute atomic E-state index is 0.0675. The third kappa shape index (κ3) is 5.37. The van der Waals surface area contributed by atoms with E-state index in [0.29, 0.717) is 16.8 Å². The Hall–Kier alpha value is -3.92. The van der Waals surface area contributed by atoms with Gasteiger partial charge in [-0.05, 0) is 61.4 Å². The van der Waals surface area contributed by atoms with Gasteiger partial charge in [-0.2, -0.15) is 5.10 Å². The molecule has 0 unspecified atom stereocenters. The van der Waals surface area contributed by atoms with Gasteiger partial charge in [0.1, 0.15) is 10.6 Å². The highest BCUT2D eigenvalue weighted by molar-refractivity contribution is 7.92. The molecule has 0 spiro atoms. The Bertz CT molecular complexity index is 1260.